The van der Waals surface area contributed by atoms with Crippen LogP contribution in [0.25, 0.3) is 0 Å². The number of halogens is 3. The number of carbonyl (C=O) groups is 1. The van der Waals surface area contributed by atoms with Crippen LogP contribution in [0, 0.1) is 0 Å². The van der Waals surface area contributed by atoms with Crippen LogP contribution in [0.15, 0.2) is 6.07 Å². The predicted molar refractivity (Wildman–Crippen MR) is 79.4 cm³/mol. The van der Waals surface area contributed by atoms with Gasteiger partial charge < -0.3 is 13.8 Å². The van der Waals surface area contributed by atoms with E-state index in [2.05, 4.69) is 14.4 Å². The lowest BCUT2D eigenvalue weighted by Gasteiger charge is -2.24. The van der Waals surface area contributed by atoms with Gasteiger partial charge in [-0.2, -0.15) is 21.6 Å². The molecule has 1 aliphatic heterocycles. The Hall–Kier alpha value is -1.98. The standard InChI is InChI=1S/C13H18F3N3O5S/c1-12(2,3)23-11(20)19-5-4-8(7-19)9-6-10(18-17-9)24-25(21,22)13(14,15)16/h6,8H,4-5,7H2,1-3H3,(H,17,18). The molecule has 1 aliphatic rings. The molecule has 0 aromatic carbocycles. The number of hydrogen-bond donors (Lipinski definition) is 1. The number of H-pyrrole nitrogens is 1. The molecule has 1 atom stereocenters. The molecule has 25 heavy (non-hydrogen) atoms. The van der Waals surface area contributed by atoms with Gasteiger partial charge in [0.05, 0.1) is 0 Å². The highest BCUT2D eigenvalue weighted by Crippen LogP contribution is 2.31. The number of aromatic amines is 1. The van der Waals surface area contributed by atoms with Gasteiger partial charge in [-0.25, -0.2) is 4.79 Å². The fourth-order valence-corrected chi connectivity index (χ4v) is 2.64. The molecule has 1 saturated heterocycles. The highest BCUT2D eigenvalue weighted by molar-refractivity contribution is 7.87. The fourth-order valence-electron chi connectivity index (χ4n) is 2.24. The van der Waals surface area contributed by atoms with Gasteiger partial charge in [-0.15, -0.1) is 5.10 Å². The molecule has 12 heteroatoms. The molecule has 0 aliphatic carbocycles. The highest BCUT2D eigenvalue weighted by Gasteiger charge is 2.49. The Balaban J connectivity index is 2.01. The quantitative estimate of drug-likeness (QED) is 0.633. The molecule has 2 heterocycles. The van der Waals surface area contributed by atoms with Crippen LogP contribution in [0.4, 0.5) is 18.0 Å². The van der Waals surface area contributed by atoms with E-state index >= 15 is 0 Å². The van der Waals surface area contributed by atoms with Gasteiger partial charge in [0.1, 0.15) is 5.60 Å². The summed E-state index contributed by atoms with van der Waals surface area (Å²) in [6.07, 6.45) is 0.0260. The number of amides is 1. The van der Waals surface area contributed by atoms with Crippen molar-refractivity contribution in [2.75, 3.05) is 13.1 Å². The first kappa shape index (κ1) is 19.3. The predicted octanol–water partition coefficient (Wildman–Crippen LogP) is 2.36. The molecule has 1 amide bonds. The molecular weight excluding hydrogens is 367 g/mol. The molecule has 8 nitrogen and oxygen atoms in total. The second-order valence-electron chi connectivity index (χ2n) is 6.56. The fraction of sp³-hybridized carbons (Fsp3) is 0.692. The molecule has 1 aromatic heterocycles. The van der Waals surface area contributed by atoms with Gasteiger partial charge in [0.15, 0.2) is 0 Å². The zero-order valence-corrected chi connectivity index (χ0v) is 14.6. The third kappa shape index (κ3) is 4.77. The van der Waals surface area contributed by atoms with Crippen molar-refractivity contribution in [2.45, 2.75) is 44.2 Å². The van der Waals surface area contributed by atoms with Gasteiger partial charge in [0.2, 0.25) is 0 Å². The molecule has 1 unspecified atom stereocenters. The van der Waals surface area contributed by atoms with Crippen LogP contribution >= 0.6 is 0 Å². The van der Waals surface area contributed by atoms with Gasteiger partial charge in [-0.05, 0) is 27.2 Å². The van der Waals surface area contributed by atoms with E-state index in [9.17, 15) is 26.4 Å². The zero-order chi connectivity index (χ0) is 19.0. The van der Waals surface area contributed by atoms with Gasteiger partial charge in [-0.1, -0.05) is 0 Å². The van der Waals surface area contributed by atoms with Crippen molar-refractivity contribution < 1.29 is 35.3 Å². The number of nitrogens with one attached hydrogen (secondary N) is 1. The third-order valence-electron chi connectivity index (χ3n) is 3.33. The average Bonchev–Trinajstić information content (AvgIpc) is 3.02. The number of alkyl halides is 3. The van der Waals surface area contributed by atoms with Crippen molar-refractivity contribution in [3.63, 3.8) is 0 Å². The van der Waals surface area contributed by atoms with Crippen LogP contribution in [0.1, 0.15) is 38.8 Å². The molecule has 0 spiro atoms. The first-order valence-electron chi connectivity index (χ1n) is 7.32. The molecule has 1 fully saturated rings. The molecular formula is C13H18F3N3O5S. The third-order valence-corrected chi connectivity index (χ3v) is 4.29. The van der Waals surface area contributed by atoms with E-state index in [-0.39, 0.29) is 12.5 Å². The number of aromatic nitrogens is 2. The Kier molecular flexibility index (Phi) is 4.94. The number of rotatable bonds is 3. The summed E-state index contributed by atoms with van der Waals surface area (Å²) in [7, 11) is -5.77. The number of likely N-dealkylation sites (tertiary alicyclic amines) is 1. The highest BCUT2D eigenvalue weighted by atomic mass is 32.2. The van der Waals surface area contributed by atoms with Crippen LogP contribution in [-0.2, 0) is 14.9 Å². The van der Waals surface area contributed by atoms with Crippen LogP contribution in [0.3, 0.4) is 0 Å². The summed E-state index contributed by atoms with van der Waals surface area (Å²) in [6, 6.07) is 1.08. The van der Waals surface area contributed by atoms with E-state index in [1.165, 1.54) is 4.90 Å². The van der Waals surface area contributed by atoms with E-state index in [0.717, 1.165) is 6.07 Å². The van der Waals surface area contributed by atoms with Crippen molar-refractivity contribution in [1.82, 2.24) is 15.1 Å². The Labute approximate surface area is 142 Å². The number of carbonyl (C=O) groups excluding carboxylic acids is 1. The number of hydrogen-bond acceptors (Lipinski definition) is 6. The van der Waals surface area contributed by atoms with E-state index in [1.807, 2.05) is 0 Å². The van der Waals surface area contributed by atoms with Crippen molar-refractivity contribution >= 4 is 16.2 Å². The van der Waals surface area contributed by atoms with E-state index < -0.39 is 33.2 Å². The summed E-state index contributed by atoms with van der Waals surface area (Å²) < 4.78 is 68.0. The minimum atomic E-state index is -5.77. The lowest BCUT2D eigenvalue weighted by Crippen LogP contribution is -2.35. The van der Waals surface area contributed by atoms with Crippen molar-refractivity contribution in [2.24, 2.45) is 0 Å². The monoisotopic (exact) mass is 385 g/mol. The summed E-state index contributed by atoms with van der Waals surface area (Å²) in [6.45, 7) is 5.87. The Morgan fingerprint density at radius 2 is 2.00 bits per heavy atom. The molecule has 0 saturated carbocycles. The lowest BCUT2D eigenvalue weighted by atomic mass is 10.1. The van der Waals surface area contributed by atoms with E-state index in [0.29, 0.717) is 18.7 Å². The molecule has 0 radical (unpaired) electrons. The summed E-state index contributed by atoms with van der Waals surface area (Å²) >= 11 is 0. The smallest absolute Gasteiger partial charge is 0.444 e. The maximum absolute atomic E-state index is 12.3. The maximum Gasteiger partial charge on any atom is 0.534 e. The largest absolute Gasteiger partial charge is 0.534 e. The molecule has 0 bridgehead atoms. The SMILES string of the molecule is CC(C)(C)OC(=O)N1CCC(c2cc(OS(=O)(=O)C(F)(F)F)n[nH]2)C1. The lowest BCUT2D eigenvalue weighted by molar-refractivity contribution is -0.0501. The number of nitrogens with zero attached hydrogens (tertiary/aromatic N) is 2. The topological polar surface area (TPSA) is 102 Å². The second-order valence-corrected chi connectivity index (χ2v) is 8.09. The first-order chi connectivity index (χ1) is 11.3. The summed E-state index contributed by atoms with van der Waals surface area (Å²) in [5.74, 6) is -0.950. The van der Waals surface area contributed by atoms with Gasteiger partial charge in [-0.3, -0.25) is 5.10 Å². The summed E-state index contributed by atoms with van der Waals surface area (Å²) in [4.78, 5) is 13.5. The van der Waals surface area contributed by atoms with Crippen LogP contribution in [0.2, 0.25) is 0 Å². The van der Waals surface area contributed by atoms with Gasteiger partial charge in [0, 0.05) is 30.8 Å². The molecule has 1 aromatic rings. The first-order valence-corrected chi connectivity index (χ1v) is 8.73. The van der Waals surface area contributed by atoms with Crippen LogP contribution < -0.4 is 4.18 Å². The Morgan fingerprint density at radius 1 is 1.36 bits per heavy atom. The van der Waals surface area contributed by atoms with Crippen molar-refractivity contribution in [1.29, 1.82) is 0 Å². The van der Waals surface area contributed by atoms with Crippen molar-refractivity contribution in [3.8, 4) is 5.88 Å². The molecule has 142 valence electrons. The normalized spacial score (nSPS) is 19.1. The molecule has 1 N–H and O–H groups in total. The van der Waals surface area contributed by atoms with Crippen LogP contribution in [-0.4, -0.2) is 53.8 Å². The maximum atomic E-state index is 12.3. The van der Waals surface area contributed by atoms with E-state index in [1.54, 1.807) is 20.8 Å². The summed E-state index contributed by atoms with van der Waals surface area (Å²) in [5, 5.41) is 5.87. The van der Waals surface area contributed by atoms with Gasteiger partial charge in [0.25, 0.3) is 5.88 Å². The van der Waals surface area contributed by atoms with Crippen molar-refractivity contribution in [3.05, 3.63) is 11.8 Å². The van der Waals surface area contributed by atoms with Gasteiger partial charge >= 0.3 is 21.7 Å². The number of ether oxygens (including phenoxy) is 1. The minimum Gasteiger partial charge on any atom is -0.444 e. The Morgan fingerprint density at radius 3 is 2.56 bits per heavy atom. The Bertz CT molecular complexity index is 739. The summed E-state index contributed by atoms with van der Waals surface area (Å²) in [5.41, 5.74) is -5.80. The second kappa shape index (κ2) is 6.39. The van der Waals surface area contributed by atoms with E-state index in [4.69, 9.17) is 4.74 Å². The van der Waals surface area contributed by atoms with Crippen LogP contribution in [0.5, 0.6) is 5.88 Å². The molecule has 2 rings (SSSR count). The zero-order valence-electron chi connectivity index (χ0n) is 13.8. The minimum absolute atomic E-state index is 0.244. The average molecular weight is 385 g/mol.